The van der Waals surface area contributed by atoms with Gasteiger partial charge >= 0.3 is 5.97 Å². The third-order valence-electron chi connectivity index (χ3n) is 2.04. The van der Waals surface area contributed by atoms with Crippen LogP contribution in [0, 0.1) is 0 Å². The zero-order valence-corrected chi connectivity index (χ0v) is 8.99. The molecule has 0 saturated heterocycles. The number of carboxylic acid groups (broad SMARTS) is 1. The van der Waals surface area contributed by atoms with Gasteiger partial charge in [0.15, 0.2) is 5.76 Å². The maximum atomic E-state index is 11.7. The van der Waals surface area contributed by atoms with Crippen molar-refractivity contribution in [3.8, 4) is 0 Å². The molecule has 2 aromatic heterocycles. The van der Waals surface area contributed by atoms with Gasteiger partial charge in [0.1, 0.15) is 0 Å². The molecule has 0 aliphatic carbocycles. The van der Waals surface area contributed by atoms with Gasteiger partial charge < -0.3 is 9.52 Å². The Kier molecular flexibility index (Phi) is 2.87. The second kappa shape index (κ2) is 4.32. The smallest absolute Gasteiger partial charge is 0.371 e. The Hall–Kier alpha value is -1.88. The fourth-order valence-corrected chi connectivity index (χ4v) is 1.94. The standard InChI is InChI=1S/C11H8O4S/c12-8(5-7-3-4-16-6-7)9-1-2-10(15-9)11(13)14/h1-4,6H,5H2,(H,13,14). The largest absolute Gasteiger partial charge is 0.475 e. The van der Waals surface area contributed by atoms with E-state index in [0.29, 0.717) is 0 Å². The molecule has 5 heteroatoms. The Morgan fingerprint density at radius 1 is 1.25 bits per heavy atom. The first-order valence-electron chi connectivity index (χ1n) is 4.54. The van der Waals surface area contributed by atoms with E-state index in [2.05, 4.69) is 0 Å². The van der Waals surface area contributed by atoms with Gasteiger partial charge in [-0.25, -0.2) is 4.79 Å². The van der Waals surface area contributed by atoms with E-state index in [0.717, 1.165) is 5.56 Å². The number of aromatic carboxylic acids is 1. The lowest BCUT2D eigenvalue weighted by Gasteiger charge is -1.94. The first kappa shape index (κ1) is 10.6. The van der Waals surface area contributed by atoms with Crippen molar-refractivity contribution < 1.29 is 19.1 Å². The second-order valence-corrected chi connectivity index (χ2v) is 3.98. The molecule has 2 aromatic rings. The molecule has 82 valence electrons. The normalized spacial score (nSPS) is 10.2. The van der Waals surface area contributed by atoms with E-state index in [1.54, 1.807) is 0 Å². The molecule has 4 nitrogen and oxygen atoms in total. The molecule has 0 bridgehead atoms. The van der Waals surface area contributed by atoms with E-state index >= 15 is 0 Å². The summed E-state index contributed by atoms with van der Waals surface area (Å²) in [5, 5.41) is 12.4. The van der Waals surface area contributed by atoms with Crippen LogP contribution in [0.15, 0.2) is 33.4 Å². The summed E-state index contributed by atoms with van der Waals surface area (Å²) in [5.41, 5.74) is 0.906. The van der Waals surface area contributed by atoms with Gasteiger partial charge in [-0.15, -0.1) is 0 Å². The lowest BCUT2D eigenvalue weighted by molar-refractivity contribution is 0.0660. The average Bonchev–Trinajstić information content (AvgIpc) is 2.86. The van der Waals surface area contributed by atoms with Crippen LogP contribution in [0.3, 0.4) is 0 Å². The van der Waals surface area contributed by atoms with Gasteiger partial charge in [-0.3, -0.25) is 4.79 Å². The highest BCUT2D eigenvalue weighted by atomic mass is 32.1. The Balaban J connectivity index is 2.12. The van der Waals surface area contributed by atoms with E-state index in [1.807, 2.05) is 16.8 Å². The lowest BCUT2D eigenvalue weighted by atomic mass is 10.1. The third kappa shape index (κ3) is 2.20. The zero-order valence-electron chi connectivity index (χ0n) is 8.17. The van der Waals surface area contributed by atoms with Crippen molar-refractivity contribution in [1.82, 2.24) is 0 Å². The van der Waals surface area contributed by atoms with Crippen molar-refractivity contribution in [3.05, 3.63) is 46.0 Å². The molecular weight excluding hydrogens is 228 g/mol. The van der Waals surface area contributed by atoms with Crippen LogP contribution >= 0.6 is 11.3 Å². The topological polar surface area (TPSA) is 67.5 Å². The summed E-state index contributed by atoms with van der Waals surface area (Å²) in [6.45, 7) is 0. The van der Waals surface area contributed by atoms with Gasteiger partial charge in [0.2, 0.25) is 11.5 Å². The van der Waals surface area contributed by atoms with Crippen LogP contribution in [0.5, 0.6) is 0 Å². The second-order valence-electron chi connectivity index (χ2n) is 3.20. The maximum absolute atomic E-state index is 11.7. The minimum atomic E-state index is -1.17. The zero-order chi connectivity index (χ0) is 11.5. The van der Waals surface area contributed by atoms with Gasteiger partial charge in [0.25, 0.3) is 0 Å². The molecule has 0 amide bonds. The Morgan fingerprint density at radius 2 is 2.00 bits per heavy atom. The van der Waals surface area contributed by atoms with Crippen LogP contribution in [0.4, 0.5) is 0 Å². The predicted molar refractivity (Wildman–Crippen MR) is 58.0 cm³/mol. The predicted octanol–water partition coefficient (Wildman–Crippen LogP) is 2.46. The number of Topliss-reactive ketones (excluding diaryl/α,β-unsaturated/α-hetero) is 1. The summed E-state index contributed by atoms with van der Waals surface area (Å²) in [4.78, 5) is 22.2. The summed E-state index contributed by atoms with van der Waals surface area (Å²) in [7, 11) is 0. The molecule has 0 aliphatic rings. The van der Waals surface area contributed by atoms with Crippen molar-refractivity contribution in [2.45, 2.75) is 6.42 Å². The van der Waals surface area contributed by atoms with Gasteiger partial charge in [-0.2, -0.15) is 11.3 Å². The number of carbonyl (C=O) groups is 2. The molecule has 0 fully saturated rings. The molecule has 0 atom stereocenters. The lowest BCUT2D eigenvalue weighted by Crippen LogP contribution is -2.01. The summed E-state index contributed by atoms with van der Waals surface area (Å²) in [5.74, 6) is -1.52. The molecule has 0 aliphatic heterocycles. The number of carboxylic acids is 1. The number of hydrogen-bond acceptors (Lipinski definition) is 4. The monoisotopic (exact) mass is 236 g/mol. The molecule has 0 radical (unpaired) electrons. The fourth-order valence-electron chi connectivity index (χ4n) is 1.27. The highest BCUT2D eigenvalue weighted by molar-refractivity contribution is 7.08. The number of rotatable bonds is 4. The van der Waals surface area contributed by atoms with Crippen LogP contribution in [0.25, 0.3) is 0 Å². The first-order valence-corrected chi connectivity index (χ1v) is 5.48. The van der Waals surface area contributed by atoms with E-state index in [4.69, 9.17) is 9.52 Å². The summed E-state index contributed by atoms with van der Waals surface area (Å²) in [6.07, 6.45) is 0.232. The summed E-state index contributed by atoms with van der Waals surface area (Å²) < 4.78 is 4.91. The highest BCUT2D eigenvalue weighted by Crippen LogP contribution is 2.13. The van der Waals surface area contributed by atoms with Crippen molar-refractivity contribution in [2.24, 2.45) is 0 Å². The summed E-state index contributed by atoms with van der Waals surface area (Å²) in [6, 6.07) is 4.52. The number of carbonyl (C=O) groups excluding carboxylic acids is 1. The average molecular weight is 236 g/mol. The minimum absolute atomic E-state index is 0.0867. The molecule has 16 heavy (non-hydrogen) atoms. The number of thiophene rings is 1. The molecular formula is C11H8O4S. The molecule has 2 rings (SSSR count). The molecule has 0 unspecified atom stereocenters. The van der Waals surface area contributed by atoms with Gasteiger partial charge in [-0.1, -0.05) is 0 Å². The maximum Gasteiger partial charge on any atom is 0.371 e. The Morgan fingerprint density at radius 3 is 2.56 bits per heavy atom. The molecule has 2 heterocycles. The number of hydrogen-bond donors (Lipinski definition) is 1. The number of furan rings is 1. The van der Waals surface area contributed by atoms with E-state index < -0.39 is 5.97 Å². The highest BCUT2D eigenvalue weighted by Gasteiger charge is 2.15. The van der Waals surface area contributed by atoms with Crippen molar-refractivity contribution in [1.29, 1.82) is 0 Å². The van der Waals surface area contributed by atoms with Gasteiger partial charge in [-0.05, 0) is 34.5 Å². The van der Waals surface area contributed by atoms with Crippen molar-refractivity contribution >= 4 is 23.1 Å². The van der Waals surface area contributed by atoms with E-state index in [-0.39, 0.29) is 23.7 Å². The van der Waals surface area contributed by atoms with Crippen LogP contribution in [-0.2, 0) is 6.42 Å². The third-order valence-corrected chi connectivity index (χ3v) is 2.77. The molecule has 0 saturated carbocycles. The van der Waals surface area contributed by atoms with E-state index in [9.17, 15) is 9.59 Å². The Labute approximate surface area is 95.1 Å². The van der Waals surface area contributed by atoms with Gasteiger partial charge in [0, 0.05) is 6.42 Å². The van der Waals surface area contributed by atoms with Crippen molar-refractivity contribution in [3.63, 3.8) is 0 Å². The van der Waals surface area contributed by atoms with E-state index in [1.165, 1.54) is 23.5 Å². The van der Waals surface area contributed by atoms with Gasteiger partial charge in [0.05, 0.1) is 0 Å². The Bertz CT molecular complexity index is 510. The van der Waals surface area contributed by atoms with Crippen LogP contribution in [0.1, 0.15) is 26.7 Å². The minimum Gasteiger partial charge on any atom is -0.475 e. The number of ketones is 1. The molecule has 1 N–H and O–H groups in total. The quantitative estimate of drug-likeness (QED) is 0.828. The van der Waals surface area contributed by atoms with Crippen LogP contribution in [0.2, 0.25) is 0 Å². The van der Waals surface area contributed by atoms with Crippen LogP contribution < -0.4 is 0 Å². The first-order chi connectivity index (χ1) is 7.66. The molecule has 0 aromatic carbocycles. The molecule has 0 spiro atoms. The fraction of sp³-hybridized carbons (Fsp3) is 0.0909. The SMILES string of the molecule is O=C(O)c1ccc(C(=O)Cc2ccsc2)o1. The van der Waals surface area contributed by atoms with Crippen LogP contribution in [-0.4, -0.2) is 16.9 Å². The summed E-state index contributed by atoms with van der Waals surface area (Å²) >= 11 is 1.51. The van der Waals surface area contributed by atoms with Crippen molar-refractivity contribution in [2.75, 3.05) is 0 Å².